The lowest BCUT2D eigenvalue weighted by atomic mass is 10.3. The number of rotatable bonds is 2. The third kappa shape index (κ3) is 2.24. The van der Waals surface area contributed by atoms with Gasteiger partial charge in [0, 0.05) is 12.1 Å². The van der Waals surface area contributed by atoms with Gasteiger partial charge in [-0.1, -0.05) is 15.9 Å². The number of hydrogen-bond donors (Lipinski definition) is 0. The van der Waals surface area contributed by atoms with Gasteiger partial charge in [-0.25, -0.2) is 4.68 Å². The van der Waals surface area contributed by atoms with Gasteiger partial charge in [-0.05, 0) is 19.9 Å². The maximum Gasteiger partial charge on any atom is 0.261 e. The SMILES string of the molecule is C#CC[C@@H](Br)C(=O)n1nc(C)cc1C. The van der Waals surface area contributed by atoms with Crippen LogP contribution in [-0.2, 0) is 0 Å². The molecule has 1 atom stereocenters. The lowest BCUT2D eigenvalue weighted by Crippen LogP contribution is -2.23. The minimum Gasteiger partial charge on any atom is -0.271 e. The van der Waals surface area contributed by atoms with E-state index in [2.05, 4.69) is 26.9 Å². The molecule has 74 valence electrons. The number of nitrogens with zero attached hydrogens (tertiary/aromatic N) is 2. The van der Waals surface area contributed by atoms with Crippen LogP contribution in [0.3, 0.4) is 0 Å². The van der Waals surface area contributed by atoms with E-state index in [9.17, 15) is 4.79 Å². The molecule has 0 unspecified atom stereocenters. The zero-order valence-corrected chi connectivity index (χ0v) is 9.71. The second kappa shape index (κ2) is 4.43. The molecule has 0 amide bonds. The first-order valence-corrected chi connectivity index (χ1v) is 5.13. The van der Waals surface area contributed by atoms with Crippen molar-refractivity contribution in [3.8, 4) is 12.3 Å². The molecule has 0 saturated heterocycles. The molecule has 0 bridgehead atoms. The molecule has 0 aliphatic heterocycles. The number of halogens is 1. The Morgan fingerprint density at radius 1 is 1.79 bits per heavy atom. The van der Waals surface area contributed by atoms with Gasteiger partial charge in [0.05, 0.1) is 5.69 Å². The van der Waals surface area contributed by atoms with Crippen LogP contribution in [-0.4, -0.2) is 20.5 Å². The minimum absolute atomic E-state index is 0.117. The van der Waals surface area contributed by atoms with Gasteiger partial charge in [-0.2, -0.15) is 5.10 Å². The molecule has 0 aromatic carbocycles. The van der Waals surface area contributed by atoms with E-state index in [1.807, 2.05) is 19.9 Å². The van der Waals surface area contributed by atoms with Crippen molar-refractivity contribution in [3.63, 3.8) is 0 Å². The first-order valence-electron chi connectivity index (χ1n) is 4.21. The smallest absolute Gasteiger partial charge is 0.261 e. The molecule has 4 heteroatoms. The maximum atomic E-state index is 11.7. The summed E-state index contributed by atoms with van der Waals surface area (Å²) in [6.45, 7) is 3.69. The fourth-order valence-electron chi connectivity index (χ4n) is 1.18. The molecule has 14 heavy (non-hydrogen) atoms. The van der Waals surface area contributed by atoms with Crippen molar-refractivity contribution in [1.29, 1.82) is 0 Å². The summed E-state index contributed by atoms with van der Waals surface area (Å²) in [5, 5.41) is 4.08. The standard InChI is InChI=1S/C10H11BrN2O/c1-4-5-9(11)10(14)13-8(3)6-7(2)12-13/h1,6,9H,5H2,2-3H3/t9-/m1/s1. The zero-order chi connectivity index (χ0) is 10.7. The van der Waals surface area contributed by atoms with E-state index >= 15 is 0 Å². The average molecular weight is 255 g/mol. The predicted molar refractivity (Wildman–Crippen MR) is 58.5 cm³/mol. The van der Waals surface area contributed by atoms with Crippen LogP contribution in [0.15, 0.2) is 6.07 Å². The summed E-state index contributed by atoms with van der Waals surface area (Å²) in [5.74, 6) is 2.32. The van der Waals surface area contributed by atoms with Crippen molar-refractivity contribution in [1.82, 2.24) is 9.78 Å². The topological polar surface area (TPSA) is 34.9 Å². The van der Waals surface area contributed by atoms with Gasteiger partial charge in [0.2, 0.25) is 0 Å². The van der Waals surface area contributed by atoms with Crippen LogP contribution < -0.4 is 0 Å². The first kappa shape index (κ1) is 11.0. The molecule has 0 aliphatic carbocycles. The fourth-order valence-corrected chi connectivity index (χ4v) is 1.56. The van der Waals surface area contributed by atoms with Gasteiger partial charge >= 0.3 is 0 Å². The van der Waals surface area contributed by atoms with Gasteiger partial charge in [0.1, 0.15) is 4.83 Å². The molecule has 0 spiro atoms. The van der Waals surface area contributed by atoms with E-state index in [4.69, 9.17) is 6.42 Å². The van der Waals surface area contributed by atoms with Gasteiger partial charge in [-0.3, -0.25) is 4.79 Å². The minimum atomic E-state index is -0.356. The number of aromatic nitrogens is 2. The van der Waals surface area contributed by atoms with Gasteiger partial charge in [0.15, 0.2) is 0 Å². The maximum absolute atomic E-state index is 11.7. The lowest BCUT2D eigenvalue weighted by molar-refractivity contribution is 0.0895. The van der Waals surface area contributed by atoms with Gasteiger partial charge in [0.25, 0.3) is 5.91 Å². The second-order valence-electron chi connectivity index (χ2n) is 3.05. The zero-order valence-electron chi connectivity index (χ0n) is 8.12. The molecule has 1 heterocycles. The van der Waals surface area contributed by atoms with Gasteiger partial charge in [-0.15, -0.1) is 12.3 Å². The Balaban J connectivity index is 2.90. The summed E-state index contributed by atoms with van der Waals surface area (Å²) in [6, 6.07) is 1.85. The number of terminal acetylenes is 1. The van der Waals surface area contributed by atoms with Crippen LogP contribution in [0.1, 0.15) is 22.6 Å². The highest BCUT2D eigenvalue weighted by atomic mass is 79.9. The van der Waals surface area contributed by atoms with Crippen molar-refractivity contribution in [2.45, 2.75) is 25.1 Å². The van der Waals surface area contributed by atoms with Gasteiger partial charge < -0.3 is 0 Å². The molecule has 0 fully saturated rings. The predicted octanol–water partition coefficient (Wildman–Crippen LogP) is 1.93. The molecule has 3 nitrogen and oxygen atoms in total. The third-order valence-corrected chi connectivity index (χ3v) is 2.50. The molecule has 0 radical (unpaired) electrons. The van der Waals surface area contributed by atoms with Crippen LogP contribution in [0.4, 0.5) is 0 Å². The second-order valence-corrected chi connectivity index (χ2v) is 4.16. The Bertz CT molecular complexity index is 389. The fraction of sp³-hybridized carbons (Fsp3) is 0.400. The Morgan fingerprint density at radius 2 is 2.43 bits per heavy atom. The van der Waals surface area contributed by atoms with E-state index in [0.29, 0.717) is 6.42 Å². The largest absolute Gasteiger partial charge is 0.271 e. The Hall–Kier alpha value is -1.08. The van der Waals surface area contributed by atoms with Crippen LogP contribution >= 0.6 is 15.9 Å². The van der Waals surface area contributed by atoms with Crippen LogP contribution in [0, 0.1) is 26.2 Å². The Labute approximate surface area is 91.6 Å². The lowest BCUT2D eigenvalue weighted by Gasteiger charge is -2.06. The van der Waals surface area contributed by atoms with Crippen molar-refractivity contribution in [2.75, 3.05) is 0 Å². The Kier molecular flexibility index (Phi) is 3.48. The highest BCUT2D eigenvalue weighted by molar-refractivity contribution is 9.10. The van der Waals surface area contributed by atoms with Crippen LogP contribution in [0.25, 0.3) is 0 Å². The molecule has 1 rings (SSSR count). The van der Waals surface area contributed by atoms with Crippen molar-refractivity contribution >= 4 is 21.8 Å². The van der Waals surface area contributed by atoms with Crippen molar-refractivity contribution in [2.24, 2.45) is 0 Å². The summed E-state index contributed by atoms with van der Waals surface area (Å²) in [6.07, 6.45) is 5.50. The number of aryl methyl sites for hydroxylation is 2. The molecule has 0 N–H and O–H groups in total. The normalized spacial score (nSPS) is 12.1. The van der Waals surface area contributed by atoms with Crippen molar-refractivity contribution < 1.29 is 4.79 Å². The number of carbonyl (C=O) groups excluding carboxylic acids is 1. The molecule has 1 aromatic heterocycles. The summed E-state index contributed by atoms with van der Waals surface area (Å²) in [4.78, 5) is 11.4. The number of alkyl halides is 1. The van der Waals surface area contributed by atoms with E-state index < -0.39 is 0 Å². The quantitative estimate of drug-likeness (QED) is 0.597. The third-order valence-electron chi connectivity index (χ3n) is 1.78. The van der Waals surface area contributed by atoms with Crippen LogP contribution in [0.5, 0.6) is 0 Å². The van der Waals surface area contributed by atoms with Crippen molar-refractivity contribution in [3.05, 3.63) is 17.5 Å². The average Bonchev–Trinajstić information content (AvgIpc) is 2.44. The van der Waals surface area contributed by atoms with E-state index in [0.717, 1.165) is 11.4 Å². The van der Waals surface area contributed by atoms with E-state index in [1.54, 1.807) is 0 Å². The number of hydrogen-bond acceptors (Lipinski definition) is 2. The molecular weight excluding hydrogens is 244 g/mol. The first-order chi connectivity index (χ1) is 6.56. The molecular formula is C10H11BrN2O. The summed E-state index contributed by atoms with van der Waals surface area (Å²) in [7, 11) is 0. The highest BCUT2D eigenvalue weighted by Crippen LogP contribution is 2.10. The summed E-state index contributed by atoms with van der Waals surface area (Å²) < 4.78 is 1.38. The monoisotopic (exact) mass is 254 g/mol. The number of carbonyl (C=O) groups is 1. The molecule has 0 aliphatic rings. The summed E-state index contributed by atoms with van der Waals surface area (Å²) >= 11 is 3.23. The molecule has 0 saturated carbocycles. The molecule has 1 aromatic rings. The summed E-state index contributed by atoms with van der Waals surface area (Å²) in [5.41, 5.74) is 1.66. The highest BCUT2D eigenvalue weighted by Gasteiger charge is 2.18. The van der Waals surface area contributed by atoms with E-state index in [-0.39, 0.29) is 10.7 Å². The van der Waals surface area contributed by atoms with Crippen LogP contribution in [0.2, 0.25) is 0 Å². The van der Waals surface area contributed by atoms with E-state index in [1.165, 1.54) is 4.68 Å². The Morgan fingerprint density at radius 3 is 2.86 bits per heavy atom.